The molecule has 1 unspecified atom stereocenters. The van der Waals surface area contributed by atoms with Gasteiger partial charge in [0.2, 0.25) is 0 Å². The van der Waals surface area contributed by atoms with E-state index in [1.165, 1.54) is 6.92 Å². The molecule has 1 aromatic rings. The van der Waals surface area contributed by atoms with Gasteiger partial charge in [-0.3, -0.25) is 9.59 Å². The van der Waals surface area contributed by atoms with Gasteiger partial charge in [-0.25, -0.2) is 4.42 Å². The molecule has 0 spiro atoms. The summed E-state index contributed by atoms with van der Waals surface area (Å²) in [5.41, 5.74) is 0.679. The maximum absolute atomic E-state index is 11.8. The van der Waals surface area contributed by atoms with Crippen LogP contribution in [0.2, 0.25) is 5.02 Å². The molecule has 0 N–H and O–H groups in total. The first-order chi connectivity index (χ1) is 7.04. The van der Waals surface area contributed by atoms with Gasteiger partial charge in [-0.15, -0.1) is 0 Å². The van der Waals surface area contributed by atoms with Crippen LogP contribution in [-0.2, 0) is 4.79 Å². The van der Waals surface area contributed by atoms with E-state index in [4.69, 9.17) is 23.4 Å². The summed E-state index contributed by atoms with van der Waals surface area (Å²) in [6, 6.07) is 4.84. The van der Waals surface area contributed by atoms with E-state index in [9.17, 15) is 9.59 Å². The van der Waals surface area contributed by atoms with Gasteiger partial charge in [0, 0.05) is 11.8 Å². The predicted molar refractivity (Wildman–Crippen MR) is 58.3 cm³/mol. The van der Waals surface area contributed by atoms with Crippen molar-refractivity contribution >= 4 is 40.8 Å². The Morgan fingerprint density at radius 1 is 1.33 bits per heavy atom. The molecule has 0 saturated heterocycles. The van der Waals surface area contributed by atoms with Crippen LogP contribution in [0.25, 0.3) is 0 Å². The van der Waals surface area contributed by atoms with Gasteiger partial charge in [0.15, 0.2) is 5.78 Å². The fourth-order valence-electron chi connectivity index (χ4n) is 1.54. The molecule has 1 heterocycles. The van der Waals surface area contributed by atoms with Crippen molar-refractivity contribution in [1.29, 1.82) is 0 Å². The van der Waals surface area contributed by atoms with E-state index in [1.807, 2.05) is 0 Å². The summed E-state index contributed by atoms with van der Waals surface area (Å²) in [6.45, 7) is 1.52. The molecule has 0 aliphatic carbocycles. The summed E-state index contributed by atoms with van der Waals surface area (Å²) >= 11 is 11.7. The zero-order chi connectivity index (χ0) is 11.2. The van der Waals surface area contributed by atoms with Gasteiger partial charge in [0.25, 0.3) is 5.91 Å². The van der Waals surface area contributed by atoms with Crippen LogP contribution < -0.4 is 4.42 Å². The average molecular weight is 244 g/mol. The van der Waals surface area contributed by atoms with Crippen LogP contribution in [0, 0.1) is 5.92 Å². The normalized spacial score (nSPS) is 20.5. The summed E-state index contributed by atoms with van der Waals surface area (Å²) < 4.78 is 0.952. The van der Waals surface area contributed by atoms with Gasteiger partial charge < -0.3 is 0 Å². The number of rotatable bonds is 0. The lowest BCUT2D eigenvalue weighted by molar-refractivity contribution is -0.119. The van der Waals surface area contributed by atoms with Crippen molar-refractivity contribution < 1.29 is 9.59 Å². The Labute approximate surface area is 96.7 Å². The molecule has 0 saturated carbocycles. The van der Waals surface area contributed by atoms with Crippen molar-refractivity contribution in [1.82, 2.24) is 0 Å². The molecule has 1 aliphatic heterocycles. The number of hydrogen-bond acceptors (Lipinski definition) is 2. The fraction of sp³-hybridized carbons (Fsp3) is 0.200. The summed E-state index contributed by atoms with van der Waals surface area (Å²) in [7, 11) is 0. The third-order valence-electron chi connectivity index (χ3n) is 2.41. The van der Waals surface area contributed by atoms with Gasteiger partial charge in [-0.1, -0.05) is 17.7 Å². The molecular formula is C10H7Cl2NO2. The first-order valence-corrected chi connectivity index (χ1v) is 5.08. The van der Waals surface area contributed by atoms with Crippen molar-refractivity contribution in [2.45, 2.75) is 6.92 Å². The van der Waals surface area contributed by atoms with Crippen LogP contribution >= 0.6 is 23.4 Å². The van der Waals surface area contributed by atoms with Gasteiger partial charge in [-0.05, 0) is 19.1 Å². The minimum atomic E-state index is -0.769. The number of amides is 1. The maximum Gasteiger partial charge on any atom is 0.252 e. The van der Waals surface area contributed by atoms with Crippen LogP contribution in [0.4, 0.5) is 5.69 Å². The Morgan fingerprint density at radius 3 is 2.67 bits per heavy atom. The highest BCUT2D eigenvalue weighted by Gasteiger charge is 2.37. The number of nitrogens with zero attached hydrogens (tertiary/aromatic N) is 1. The lowest BCUT2D eigenvalue weighted by atomic mass is 9.93. The molecule has 0 bridgehead atoms. The lowest BCUT2D eigenvalue weighted by Gasteiger charge is -2.26. The second-order valence-electron chi connectivity index (χ2n) is 3.34. The number of carbonyl (C=O) groups excluding carboxylic acids is 2. The topological polar surface area (TPSA) is 37.4 Å². The monoisotopic (exact) mass is 243 g/mol. The highest BCUT2D eigenvalue weighted by atomic mass is 35.5. The van der Waals surface area contributed by atoms with Crippen molar-refractivity contribution in [3.05, 3.63) is 28.8 Å². The number of fused-ring (bicyclic) bond motifs is 1. The standard InChI is InChI=1S/C10H7Cl2NO2/c1-5-9(14)8-6(11)3-2-4-7(8)13(12)10(5)15/h2-5H,1H3. The van der Waals surface area contributed by atoms with Crippen molar-refractivity contribution in [3.8, 4) is 0 Å². The van der Waals surface area contributed by atoms with E-state index in [-0.39, 0.29) is 5.78 Å². The van der Waals surface area contributed by atoms with Crippen molar-refractivity contribution in [2.24, 2.45) is 5.92 Å². The number of anilines is 1. The number of halogens is 2. The van der Waals surface area contributed by atoms with E-state index >= 15 is 0 Å². The number of benzene rings is 1. The van der Waals surface area contributed by atoms with Crippen LogP contribution in [0.1, 0.15) is 17.3 Å². The Bertz CT molecular complexity index is 459. The predicted octanol–water partition coefficient (Wildman–Crippen LogP) is 2.66. The summed E-state index contributed by atoms with van der Waals surface area (Å²) in [5.74, 6) is -1.47. The Hall–Kier alpha value is -1.06. The highest BCUT2D eigenvalue weighted by molar-refractivity contribution is 6.44. The summed E-state index contributed by atoms with van der Waals surface area (Å²) in [5, 5.41) is 0.322. The molecule has 1 atom stereocenters. The first-order valence-electron chi connectivity index (χ1n) is 4.36. The number of ketones is 1. The zero-order valence-corrected chi connectivity index (χ0v) is 9.34. The highest BCUT2D eigenvalue weighted by Crippen LogP contribution is 2.35. The largest absolute Gasteiger partial charge is 0.293 e. The molecule has 15 heavy (non-hydrogen) atoms. The maximum atomic E-state index is 11.8. The fourth-order valence-corrected chi connectivity index (χ4v) is 2.09. The molecule has 1 aliphatic rings. The molecular weight excluding hydrogens is 237 g/mol. The lowest BCUT2D eigenvalue weighted by Crippen LogP contribution is -2.38. The molecule has 1 amide bonds. The first kappa shape index (κ1) is 10.5. The van der Waals surface area contributed by atoms with Gasteiger partial charge in [0.1, 0.15) is 5.92 Å². The van der Waals surface area contributed by atoms with E-state index in [0.29, 0.717) is 16.3 Å². The third kappa shape index (κ3) is 1.43. The van der Waals surface area contributed by atoms with E-state index in [1.54, 1.807) is 18.2 Å². The summed E-state index contributed by atoms with van der Waals surface area (Å²) in [6.07, 6.45) is 0. The minimum Gasteiger partial charge on any atom is -0.293 e. The Kier molecular flexibility index (Phi) is 2.44. The van der Waals surface area contributed by atoms with Gasteiger partial charge >= 0.3 is 0 Å². The Balaban J connectivity index is 2.69. The van der Waals surface area contributed by atoms with Crippen LogP contribution in [0.15, 0.2) is 18.2 Å². The van der Waals surface area contributed by atoms with E-state index in [0.717, 1.165) is 4.42 Å². The molecule has 1 aromatic carbocycles. The van der Waals surface area contributed by atoms with Crippen LogP contribution in [-0.4, -0.2) is 11.7 Å². The van der Waals surface area contributed by atoms with Gasteiger partial charge in [-0.2, -0.15) is 0 Å². The molecule has 3 nitrogen and oxygen atoms in total. The molecule has 0 fully saturated rings. The molecule has 5 heteroatoms. The number of hydrogen-bond donors (Lipinski definition) is 0. The van der Waals surface area contributed by atoms with Crippen molar-refractivity contribution in [3.63, 3.8) is 0 Å². The Morgan fingerprint density at radius 2 is 2.00 bits per heavy atom. The second kappa shape index (κ2) is 3.51. The van der Waals surface area contributed by atoms with E-state index < -0.39 is 11.8 Å². The zero-order valence-electron chi connectivity index (χ0n) is 7.83. The summed E-state index contributed by atoms with van der Waals surface area (Å²) in [4.78, 5) is 23.3. The average Bonchev–Trinajstić information content (AvgIpc) is 2.23. The third-order valence-corrected chi connectivity index (χ3v) is 3.07. The second-order valence-corrected chi connectivity index (χ2v) is 4.08. The molecule has 78 valence electrons. The number of carbonyl (C=O) groups is 2. The quantitative estimate of drug-likeness (QED) is 0.519. The molecule has 0 radical (unpaired) electrons. The minimum absolute atomic E-state index is 0.280. The molecule has 0 aromatic heterocycles. The number of Topliss-reactive ketones (excluding diaryl/α,β-unsaturated/α-hetero) is 1. The van der Waals surface area contributed by atoms with E-state index in [2.05, 4.69) is 0 Å². The van der Waals surface area contributed by atoms with Gasteiger partial charge in [0.05, 0.1) is 16.3 Å². The molecule has 2 rings (SSSR count). The van der Waals surface area contributed by atoms with Crippen molar-refractivity contribution in [2.75, 3.05) is 4.42 Å². The van der Waals surface area contributed by atoms with Crippen LogP contribution in [0.5, 0.6) is 0 Å². The van der Waals surface area contributed by atoms with Crippen LogP contribution in [0.3, 0.4) is 0 Å². The smallest absolute Gasteiger partial charge is 0.252 e. The SMILES string of the molecule is CC1C(=O)c2c(Cl)cccc2N(Cl)C1=O.